The van der Waals surface area contributed by atoms with Gasteiger partial charge in [0.05, 0.1) is 24.2 Å². The number of carbonyl (C=O) groups excluding carboxylic acids is 3. The Hall–Kier alpha value is -2.96. The molecule has 0 spiro atoms. The van der Waals surface area contributed by atoms with Crippen molar-refractivity contribution in [3.8, 4) is 6.07 Å². The largest absolute Gasteiger partial charge is 0.355 e. The number of likely N-dealkylation sites (tertiary alicyclic amines) is 3. The smallest absolute Gasteiger partial charge is 0.251 e. The highest BCUT2D eigenvalue weighted by Gasteiger charge is 2.56. The molecule has 174 valence electrons. The Bertz CT molecular complexity index is 1020. The lowest BCUT2D eigenvalue weighted by atomic mass is 10.0. The number of fused-ring (bicyclic) bond motifs is 3. The Labute approximate surface area is 193 Å². The monoisotopic (exact) mass is 450 g/mol. The quantitative estimate of drug-likeness (QED) is 0.640. The van der Waals surface area contributed by atoms with E-state index in [-0.39, 0.29) is 47.9 Å². The van der Waals surface area contributed by atoms with Gasteiger partial charge in [-0.2, -0.15) is 5.26 Å². The summed E-state index contributed by atoms with van der Waals surface area (Å²) in [4.78, 5) is 43.7. The van der Waals surface area contributed by atoms with Crippen molar-refractivity contribution in [2.75, 3.05) is 20.1 Å². The highest BCUT2D eigenvalue weighted by molar-refractivity contribution is 5.94. The van der Waals surface area contributed by atoms with Crippen LogP contribution < -0.4 is 11.1 Å². The van der Waals surface area contributed by atoms with E-state index in [4.69, 9.17) is 5.73 Å². The Kier molecular flexibility index (Phi) is 5.38. The molecule has 4 aliphatic rings. The molecule has 0 aromatic heterocycles. The van der Waals surface area contributed by atoms with Gasteiger partial charge in [-0.3, -0.25) is 19.3 Å². The molecule has 4 fully saturated rings. The predicted octanol–water partition coefficient (Wildman–Crippen LogP) is 0.233. The fourth-order valence-electron chi connectivity index (χ4n) is 6.03. The Balaban J connectivity index is 1.21. The maximum atomic E-state index is 13.2. The van der Waals surface area contributed by atoms with Gasteiger partial charge in [0.15, 0.2) is 0 Å². The van der Waals surface area contributed by atoms with Crippen LogP contribution in [0.3, 0.4) is 0 Å². The number of hydrogen-bond acceptors (Lipinski definition) is 6. The van der Waals surface area contributed by atoms with Gasteiger partial charge in [-0.15, -0.1) is 0 Å². The fourth-order valence-corrected chi connectivity index (χ4v) is 6.03. The van der Waals surface area contributed by atoms with E-state index in [9.17, 15) is 19.6 Å². The number of hydrogen-bond donors (Lipinski definition) is 2. The lowest BCUT2D eigenvalue weighted by Crippen LogP contribution is -2.57. The Morgan fingerprint density at radius 1 is 1.24 bits per heavy atom. The minimum Gasteiger partial charge on any atom is -0.355 e. The first-order valence-corrected chi connectivity index (χ1v) is 11.7. The zero-order chi connectivity index (χ0) is 23.4. The summed E-state index contributed by atoms with van der Waals surface area (Å²) < 4.78 is 0. The molecule has 33 heavy (non-hydrogen) atoms. The van der Waals surface area contributed by atoms with E-state index in [2.05, 4.69) is 11.4 Å². The van der Waals surface area contributed by atoms with Crippen LogP contribution in [-0.4, -0.2) is 82.8 Å². The second-order valence-corrected chi connectivity index (χ2v) is 9.78. The van der Waals surface area contributed by atoms with Crippen molar-refractivity contribution in [2.24, 2.45) is 11.7 Å². The van der Waals surface area contributed by atoms with Gasteiger partial charge in [-0.25, -0.2) is 0 Å². The molecule has 3 amide bonds. The lowest BCUT2D eigenvalue weighted by molar-refractivity contribution is -0.141. The molecule has 5 rings (SSSR count). The number of benzene rings is 1. The third-order valence-corrected chi connectivity index (χ3v) is 7.87. The number of carbonyl (C=O) groups is 3. The number of nitrogens with one attached hydrogen (secondary N) is 1. The number of nitrogens with two attached hydrogens (primary N) is 1. The summed E-state index contributed by atoms with van der Waals surface area (Å²) in [5, 5.41) is 12.0. The molecule has 9 heteroatoms. The molecule has 3 heterocycles. The van der Waals surface area contributed by atoms with Gasteiger partial charge in [0.25, 0.3) is 5.91 Å². The molecular formula is C24H30N6O3. The molecule has 3 saturated heterocycles. The third kappa shape index (κ3) is 3.58. The topological polar surface area (TPSA) is 123 Å². The van der Waals surface area contributed by atoms with E-state index in [1.165, 1.54) is 0 Å². The molecule has 9 nitrogen and oxygen atoms in total. The van der Waals surface area contributed by atoms with Crippen LogP contribution in [0.5, 0.6) is 0 Å². The number of piperidine rings is 1. The van der Waals surface area contributed by atoms with Crippen LogP contribution in [0.2, 0.25) is 0 Å². The average molecular weight is 451 g/mol. The van der Waals surface area contributed by atoms with Crippen molar-refractivity contribution in [2.45, 2.75) is 62.4 Å². The van der Waals surface area contributed by atoms with E-state index < -0.39 is 6.04 Å². The molecule has 7 atom stereocenters. The second-order valence-electron chi connectivity index (χ2n) is 9.78. The van der Waals surface area contributed by atoms with E-state index >= 15 is 0 Å². The minimum atomic E-state index is -0.726. The first-order chi connectivity index (χ1) is 15.8. The maximum Gasteiger partial charge on any atom is 0.251 e. The molecule has 1 saturated carbocycles. The highest BCUT2D eigenvalue weighted by Crippen LogP contribution is 2.48. The van der Waals surface area contributed by atoms with E-state index in [1.54, 1.807) is 24.1 Å². The van der Waals surface area contributed by atoms with Crippen LogP contribution in [0.1, 0.15) is 48.1 Å². The van der Waals surface area contributed by atoms with Gasteiger partial charge >= 0.3 is 0 Å². The van der Waals surface area contributed by atoms with Crippen LogP contribution in [0.25, 0.3) is 0 Å². The molecule has 0 radical (unpaired) electrons. The van der Waals surface area contributed by atoms with Crippen molar-refractivity contribution < 1.29 is 14.4 Å². The van der Waals surface area contributed by atoms with Crippen LogP contribution in [0.15, 0.2) is 24.3 Å². The number of amides is 3. The summed E-state index contributed by atoms with van der Waals surface area (Å²) in [6.45, 7) is 3.03. The van der Waals surface area contributed by atoms with Crippen molar-refractivity contribution in [3.63, 3.8) is 0 Å². The zero-order valence-corrected chi connectivity index (χ0v) is 19.0. The van der Waals surface area contributed by atoms with Crippen molar-refractivity contribution in [1.29, 1.82) is 5.26 Å². The molecule has 3 aliphatic heterocycles. The second kappa shape index (κ2) is 8.12. The van der Waals surface area contributed by atoms with E-state index in [0.717, 1.165) is 24.8 Å². The van der Waals surface area contributed by atoms with Crippen molar-refractivity contribution >= 4 is 17.7 Å². The van der Waals surface area contributed by atoms with Crippen LogP contribution in [-0.2, 0) is 9.59 Å². The summed E-state index contributed by atoms with van der Waals surface area (Å²) in [7, 11) is 1.60. The SMILES string of the molecule is CNC(=O)c1ccc([C@@H](C)N2C(=O)[C@@H]3C[C@H]2CN3C[C@H](N)C(=O)N2[C@H](C#N)C[C@@H]3C[C@@H]32)cc1. The molecule has 0 unspecified atom stereocenters. The summed E-state index contributed by atoms with van der Waals surface area (Å²) in [5.41, 5.74) is 7.86. The average Bonchev–Trinajstić information content (AvgIpc) is 3.15. The lowest BCUT2D eigenvalue weighted by Gasteiger charge is -2.38. The molecule has 1 aromatic carbocycles. The van der Waals surface area contributed by atoms with Gasteiger partial charge in [0.1, 0.15) is 6.04 Å². The molecule has 2 bridgehead atoms. The summed E-state index contributed by atoms with van der Waals surface area (Å²) in [6.07, 6.45) is 2.46. The number of piperazine rings is 1. The van der Waals surface area contributed by atoms with E-state index in [0.29, 0.717) is 24.6 Å². The number of rotatable bonds is 6. The first-order valence-electron chi connectivity index (χ1n) is 11.7. The Morgan fingerprint density at radius 2 is 1.97 bits per heavy atom. The standard InChI is InChI=1S/C24H30N6O3/c1-13(14-3-5-15(6-4-14)22(31)27-2)29-18-9-21(24(29)33)28(11-18)12-19(26)23(32)30-17(10-25)7-16-8-20(16)30/h3-6,13,16-21H,7-9,11-12,26H2,1-2H3,(H,27,31)/t13-,16-,17+,18+,19+,20+,21+/m1/s1. The number of nitrogens with zero attached hydrogens (tertiary/aromatic N) is 4. The van der Waals surface area contributed by atoms with Crippen molar-refractivity contribution in [1.82, 2.24) is 20.0 Å². The summed E-state index contributed by atoms with van der Waals surface area (Å²) >= 11 is 0. The van der Waals surface area contributed by atoms with Gasteiger partial charge in [0.2, 0.25) is 11.8 Å². The first kappa shape index (κ1) is 21.9. The van der Waals surface area contributed by atoms with Gasteiger partial charge in [-0.1, -0.05) is 12.1 Å². The normalized spacial score (nSPS) is 31.8. The molecule has 1 aliphatic carbocycles. The maximum absolute atomic E-state index is 13.2. The van der Waals surface area contributed by atoms with Gasteiger partial charge in [0, 0.05) is 37.8 Å². The van der Waals surface area contributed by atoms with Crippen LogP contribution in [0, 0.1) is 17.2 Å². The van der Waals surface area contributed by atoms with Crippen LogP contribution in [0.4, 0.5) is 0 Å². The van der Waals surface area contributed by atoms with Crippen molar-refractivity contribution in [3.05, 3.63) is 35.4 Å². The summed E-state index contributed by atoms with van der Waals surface area (Å²) in [5.74, 6) is 0.213. The number of nitriles is 1. The molecule has 3 N–H and O–H groups in total. The Morgan fingerprint density at radius 3 is 2.61 bits per heavy atom. The molecule has 1 aromatic rings. The molecular weight excluding hydrogens is 420 g/mol. The van der Waals surface area contributed by atoms with Gasteiger partial charge in [-0.05, 0) is 49.8 Å². The zero-order valence-electron chi connectivity index (χ0n) is 19.0. The highest BCUT2D eigenvalue weighted by atomic mass is 16.2. The fraction of sp³-hybridized carbons (Fsp3) is 0.583. The summed E-state index contributed by atoms with van der Waals surface area (Å²) in [6, 6.07) is 8.38. The third-order valence-electron chi connectivity index (χ3n) is 7.87. The minimum absolute atomic E-state index is 0.0621. The predicted molar refractivity (Wildman–Crippen MR) is 120 cm³/mol. The van der Waals surface area contributed by atoms with Crippen LogP contribution >= 0.6 is 0 Å². The van der Waals surface area contributed by atoms with Gasteiger partial charge < -0.3 is 20.9 Å². The van der Waals surface area contributed by atoms with E-state index in [1.807, 2.05) is 28.9 Å².